The molecular weight excluding hydrogens is 244 g/mol. The van der Waals surface area contributed by atoms with E-state index in [0.717, 1.165) is 16.7 Å². The SMILES string of the molecule is C=C(c1ccccc1)[C@@](C)(CC(C)=O)c1ccccc1. The van der Waals surface area contributed by atoms with Crippen LogP contribution in [0.3, 0.4) is 0 Å². The minimum atomic E-state index is -0.367. The summed E-state index contributed by atoms with van der Waals surface area (Å²) in [5.41, 5.74) is 2.83. The van der Waals surface area contributed by atoms with Gasteiger partial charge < -0.3 is 0 Å². The zero-order valence-corrected chi connectivity index (χ0v) is 12.1. The molecule has 0 aromatic heterocycles. The van der Waals surface area contributed by atoms with Gasteiger partial charge in [-0.3, -0.25) is 4.79 Å². The fourth-order valence-electron chi connectivity index (χ4n) is 2.64. The maximum atomic E-state index is 11.7. The Morgan fingerprint density at radius 2 is 1.50 bits per heavy atom. The van der Waals surface area contributed by atoms with E-state index in [1.165, 1.54) is 0 Å². The normalized spacial score (nSPS) is 13.5. The van der Waals surface area contributed by atoms with Gasteiger partial charge in [0.25, 0.3) is 0 Å². The number of hydrogen-bond donors (Lipinski definition) is 0. The van der Waals surface area contributed by atoms with Crippen molar-refractivity contribution in [2.75, 3.05) is 0 Å². The Kier molecular flexibility index (Phi) is 4.19. The van der Waals surface area contributed by atoms with Crippen molar-refractivity contribution in [2.45, 2.75) is 25.7 Å². The number of benzene rings is 2. The summed E-state index contributed by atoms with van der Waals surface area (Å²) < 4.78 is 0. The van der Waals surface area contributed by atoms with Crippen LogP contribution in [0.25, 0.3) is 5.57 Å². The number of carbonyl (C=O) groups excluding carboxylic acids is 1. The van der Waals surface area contributed by atoms with Crippen LogP contribution < -0.4 is 0 Å². The maximum Gasteiger partial charge on any atom is 0.131 e. The first-order chi connectivity index (χ1) is 9.54. The third kappa shape index (κ3) is 2.88. The molecule has 1 atom stereocenters. The van der Waals surface area contributed by atoms with Crippen LogP contribution >= 0.6 is 0 Å². The Labute approximate surface area is 121 Å². The van der Waals surface area contributed by atoms with E-state index in [2.05, 4.69) is 25.6 Å². The van der Waals surface area contributed by atoms with Crippen LogP contribution in [0.15, 0.2) is 67.2 Å². The lowest BCUT2D eigenvalue weighted by atomic mass is 9.71. The predicted molar refractivity (Wildman–Crippen MR) is 84.6 cm³/mol. The molecule has 0 N–H and O–H groups in total. The summed E-state index contributed by atoms with van der Waals surface area (Å²) in [5.74, 6) is 0.174. The number of hydrogen-bond acceptors (Lipinski definition) is 1. The maximum absolute atomic E-state index is 11.7. The van der Waals surface area contributed by atoms with E-state index < -0.39 is 0 Å². The van der Waals surface area contributed by atoms with Gasteiger partial charge in [-0.1, -0.05) is 74.2 Å². The lowest BCUT2D eigenvalue weighted by molar-refractivity contribution is -0.117. The highest BCUT2D eigenvalue weighted by atomic mass is 16.1. The molecule has 0 bridgehead atoms. The van der Waals surface area contributed by atoms with Crippen molar-refractivity contribution in [1.29, 1.82) is 0 Å². The van der Waals surface area contributed by atoms with E-state index >= 15 is 0 Å². The summed E-state index contributed by atoms with van der Waals surface area (Å²) in [6.07, 6.45) is 0.463. The van der Waals surface area contributed by atoms with Crippen LogP contribution in [0.5, 0.6) is 0 Å². The van der Waals surface area contributed by atoms with Crippen molar-refractivity contribution < 1.29 is 4.79 Å². The average molecular weight is 264 g/mol. The van der Waals surface area contributed by atoms with Crippen LogP contribution in [0.1, 0.15) is 31.4 Å². The van der Waals surface area contributed by atoms with Gasteiger partial charge in [-0.2, -0.15) is 0 Å². The largest absolute Gasteiger partial charge is 0.300 e. The molecule has 2 aromatic rings. The highest BCUT2D eigenvalue weighted by Gasteiger charge is 2.31. The van der Waals surface area contributed by atoms with Gasteiger partial charge >= 0.3 is 0 Å². The molecular formula is C19H20O. The summed E-state index contributed by atoms with van der Waals surface area (Å²) in [6, 6.07) is 20.2. The Hall–Kier alpha value is -2.15. The molecule has 0 aliphatic rings. The summed E-state index contributed by atoms with van der Waals surface area (Å²) in [4.78, 5) is 11.7. The molecule has 1 heteroatoms. The monoisotopic (exact) mass is 264 g/mol. The van der Waals surface area contributed by atoms with E-state index in [1.54, 1.807) is 6.92 Å². The number of allylic oxidation sites excluding steroid dienone is 1. The zero-order valence-electron chi connectivity index (χ0n) is 12.1. The lowest BCUT2D eigenvalue weighted by Gasteiger charge is -2.32. The molecule has 0 spiro atoms. The van der Waals surface area contributed by atoms with Crippen LogP contribution in [-0.2, 0) is 10.2 Å². The lowest BCUT2D eigenvalue weighted by Crippen LogP contribution is -2.26. The standard InChI is InChI=1S/C19H20O/c1-15(20)14-19(3,18-12-8-5-9-13-18)16(2)17-10-6-4-7-11-17/h4-13H,2,14H2,1,3H3/t19-/m1/s1. The zero-order chi connectivity index (χ0) is 14.6. The second-order valence-corrected chi connectivity index (χ2v) is 5.42. The average Bonchev–Trinajstić information content (AvgIpc) is 2.47. The van der Waals surface area contributed by atoms with Crippen molar-refractivity contribution in [3.8, 4) is 0 Å². The Balaban J connectivity index is 2.48. The van der Waals surface area contributed by atoms with Gasteiger partial charge in [0.05, 0.1) is 0 Å². The van der Waals surface area contributed by atoms with Crippen molar-refractivity contribution >= 4 is 11.4 Å². The molecule has 0 amide bonds. The molecule has 0 heterocycles. The first-order valence-corrected chi connectivity index (χ1v) is 6.84. The quantitative estimate of drug-likeness (QED) is 0.769. The summed E-state index contributed by atoms with van der Waals surface area (Å²) >= 11 is 0. The van der Waals surface area contributed by atoms with E-state index in [4.69, 9.17) is 0 Å². The van der Waals surface area contributed by atoms with Crippen LogP contribution in [0.2, 0.25) is 0 Å². The number of rotatable bonds is 5. The minimum Gasteiger partial charge on any atom is -0.300 e. The van der Waals surface area contributed by atoms with Crippen LogP contribution in [0, 0.1) is 0 Å². The molecule has 20 heavy (non-hydrogen) atoms. The molecule has 0 fully saturated rings. The minimum absolute atomic E-state index is 0.174. The van der Waals surface area contributed by atoms with Gasteiger partial charge in [0.1, 0.15) is 5.78 Å². The third-order valence-corrected chi connectivity index (χ3v) is 3.80. The van der Waals surface area contributed by atoms with E-state index in [-0.39, 0.29) is 11.2 Å². The molecule has 2 rings (SSSR count). The fraction of sp³-hybridized carbons (Fsp3) is 0.211. The van der Waals surface area contributed by atoms with E-state index in [0.29, 0.717) is 6.42 Å². The van der Waals surface area contributed by atoms with Gasteiger partial charge in [0.2, 0.25) is 0 Å². The van der Waals surface area contributed by atoms with E-state index in [9.17, 15) is 4.79 Å². The molecule has 0 radical (unpaired) electrons. The second kappa shape index (κ2) is 5.87. The fourth-order valence-corrected chi connectivity index (χ4v) is 2.64. The molecule has 1 nitrogen and oxygen atoms in total. The highest BCUT2D eigenvalue weighted by molar-refractivity contribution is 5.84. The molecule has 102 valence electrons. The van der Waals surface area contributed by atoms with Gasteiger partial charge in [-0.25, -0.2) is 0 Å². The van der Waals surface area contributed by atoms with Crippen LogP contribution in [-0.4, -0.2) is 5.78 Å². The first kappa shape index (κ1) is 14.3. The van der Waals surface area contributed by atoms with Crippen molar-refractivity contribution in [3.05, 3.63) is 78.4 Å². The molecule has 0 unspecified atom stereocenters. The Morgan fingerprint density at radius 3 is 2.00 bits per heavy atom. The topological polar surface area (TPSA) is 17.1 Å². The van der Waals surface area contributed by atoms with Crippen LogP contribution in [0.4, 0.5) is 0 Å². The molecule has 0 aliphatic heterocycles. The summed E-state index contributed by atoms with van der Waals surface area (Å²) in [6.45, 7) is 8.01. The van der Waals surface area contributed by atoms with Gasteiger partial charge in [0, 0.05) is 11.8 Å². The number of carbonyl (C=O) groups is 1. The van der Waals surface area contributed by atoms with Crippen molar-refractivity contribution in [2.24, 2.45) is 0 Å². The third-order valence-electron chi connectivity index (χ3n) is 3.80. The number of ketones is 1. The Morgan fingerprint density at radius 1 is 1.00 bits per heavy atom. The predicted octanol–water partition coefficient (Wildman–Crippen LogP) is 4.64. The summed E-state index contributed by atoms with van der Waals surface area (Å²) in [7, 11) is 0. The first-order valence-electron chi connectivity index (χ1n) is 6.84. The second-order valence-electron chi connectivity index (χ2n) is 5.42. The molecule has 0 saturated carbocycles. The van der Waals surface area contributed by atoms with E-state index in [1.807, 2.05) is 48.5 Å². The summed E-state index contributed by atoms with van der Waals surface area (Å²) in [5, 5.41) is 0. The van der Waals surface area contributed by atoms with Crippen molar-refractivity contribution in [3.63, 3.8) is 0 Å². The van der Waals surface area contributed by atoms with Gasteiger partial charge in [-0.15, -0.1) is 0 Å². The van der Waals surface area contributed by atoms with Gasteiger partial charge in [-0.05, 0) is 23.6 Å². The van der Waals surface area contributed by atoms with Crippen molar-refractivity contribution in [1.82, 2.24) is 0 Å². The molecule has 2 aromatic carbocycles. The number of Topliss-reactive ketones (excluding diaryl/α,β-unsaturated/α-hetero) is 1. The highest BCUT2D eigenvalue weighted by Crippen LogP contribution is 2.40. The molecule has 0 saturated heterocycles. The Bertz CT molecular complexity index is 598. The van der Waals surface area contributed by atoms with Gasteiger partial charge in [0.15, 0.2) is 0 Å². The molecule has 0 aliphatic carbocycles. The smallest absolute Gasteiger partial charge is 0.131 e.